The molecule has 134 valence electrons. The monoisotopic (exact) mass is 362 g/mol. The zero-order valence-corrected chi connectivity index (χ0v) is 14.4. The number of Topliss-reactive ketones (excluding diaryl/α,β-unsaturated/α-hetero) is 2. The summed E-state index contributed by atoms with van der Waals surface area (Å²) in [4.78, 5) is 37.7. The SMILES string of the molecule is COC(=O)c1ccc2c(c1)[C@H]1COC3=C(C(=O)c4ccccc4C3=O)[C@H]1O2. The predicted molar refractivity (Wildman–Crippen MR) is 93.0 cm³/mol. The fraction of sp³-hybridized carbons (Fsp3) is 0.190. The zero-order valence-electron chi connectivity index (χ0n) is 14.4. The van der Waals surface area contributed by atoms with Gasteiger partial charge in [0.1, 0.15) is 11.9 Å². The van der Waals surface area contributed by atoms with Crippen LogP contribution in [0.5, 0.6) is 5.75 Å². The Balaban J connectivity index is 1.60. The molecule has 5 rings (SSSR count). The van der Waals surface area contributed by atoms with E-state index in [-0.39, 0.29) is 35.4 Å². The van der Waals surface area contributed by atoms with E-state index in [9.17, 15) is 14.4 Å². The van der Waals surface area contributed by atoms with Crippen LogP contribution in [0.1, 0.15) is 42.6 Å². The maximum Gasteiger partial charge on any atom is 0.337 e. The summed E-state index contributed by atoms with van der Waals surface area (Å²) in [5, 5.41) is 0. The van der Waals surface area contributed by atoms with Crippen molar-refractivity contribution in [2.45, 2.75) is 12.0 Å². The predicted octanol–water partition coefficient (Wildman–Crippen LogP) is 2.68. The molecule has 2 aliphatic heterocycles. The van der Waals surface area contributed by atoms with E-state index >= 15 is 0 Å². The molecule has 2 atom stereocenters. The third kappa shape index (κ3) is 2.10. The fourth-order valence-corrected chi connectivity index (χ4v) is 3.96. The third-order valence-electron chi connectivity index (χ3n) is 5.25. The number of hydrogen-bond donors (Lipinski definition) is 0. The molecule has 27 heavy (non-hydrogen) atoms. The fourth-order valence-electron chi connectivity index (χ4n) is 3.96. The van der Waals surface area contributed by atoms with Crippen molar-refractivity contribution in [1.29, 1.82) is 0 Å². The molecule has 2 aromatic carbocycles. The van der Waals surface area contributed by atoms with Gasteiger partial charge in [0.2, 0.25) is 5.78 Å². The maximum absolute atomic E-state index is 13.1. The number of benzene rings is 2. The maximum atomic E-state index is 13.1. The van der Waals surface area contributed by atoms with E-state index in [1.807, 2.05) is 0 Å². The lowest BCUT2D eigenvalue weighted by Crippen LogP contribution is -2.39. The lowest BCUT2D eigenvalue weighted by Gasteiger charge is -2.31. The molecular weight excluding hydrogens is 348 g/mol. The Morgan fingerprint density at radius 2 is 1.81 bits per heavy atom. The van der Waals surface area contributed by atoms with Crippen molar-refractivity contribution in [2.75, 3.05) is 13.7 Å². The number of rotatable bonds is 1. The highest BCUT2D eigenvalue weighted by atomic mass is 16.5. The van der Waals surface area contributed by atoms with Gasteiger partial charge in [0, 0.05) is 16.7 Å². The third-order valence-corrected chi connectivity index (χ3v) is 5.25. The lowest BCUT2D eigenvalue weighted by molar-refractivity contribution is 0.0600. The smallest absolute Gasteiger partial charge is 0.337 e. The summed E-state index contributed by atoms with van der Waals surface area (Å²) in [6.45, 7) is 0.197. The highest BCUT2D eigenvalue weighted by Gasteiger charge is 2.49. The van der Waals surface area contributed by atoms with Crippen LogP contribution >= 0.6 is 0 Å². The van der Waals surface area contributed by atoms with Crippen molar-refractivity contribution in [3.8, 4) is 5.75 Å². The van der Waals surface area contributed by atoms with Gasteiger partial charge in [-0.05, 0) is 18.2 Å². The molecule has 0 unspecified atom stereocenters. The number of fused-ring (bicyclic) bond motifs is 5. The van der Waals surface area contributed by atoms with Crippen molar-refractivity contribution in [3.05, 3.63) is 76.1 Å². The highest BCUT2D eigenvalue weighted by molar-refractivity contribution is 6.26. The molecule has 0 fully saturated rings. The van der Waals surface area contributed by atoms with Crippen molar-refractivity contribution in [3.63, 3.8) is 0 Å². The van der Waals surface area contributed by atoms with E-state index in [0.29, 0.717) is 22.4 Å². The van der Waals surface area contributed by atoms with Crippen molar-refractivity contribution in [1.82, 2.24) is 0 Å². The van der Waals surface area contributed by atoms with E-state index in [1.165, 1.54) is 7.11 Å². The standard InChI is InChI=1S/C21H14O6/c1-25-21(24)10-6-7-15-13(8-10)14-9-26-20-16(19(14)27-15)17(22)11-4-2-3-5-12(11)18(20)23/h2-8,14,19H,9H2,1H3/t14-,19+/m1/s1. The van der Waals surface area contributed by atoms with E-state index in [0.717, 1.165) is 5.56 Å². The van der Waals surface area contributed by atoms with Crippen LogP contribution in [-0.4, -0.2) is 37.4 Å². The van der Waals surface area contributed by atoms with Crippen LogP contribution < -0.4 is 4.74 Å². The molecule has 0 amide bonds. The van der Waals surface area contributed by atoms with E-state index in [4.69, 9.17) is 14.2 Å². The average Bonchev–Trinajstić information content (AvgIpc) is 3.08. The molecule has 0 saturated heterocycles. The second-order valence-corrected chi connectivity index (χ2v) is 6.65. The van der Waals surface area contributed by atoms with Crippen LogP contribution in [-0.2, 0) is 9.47 Å². The summed E-state index contributed by atoms with van der Waals surface area (Å²) in [6, 6.07) is 11.7. The van der Waals surface area contributed by atoms with Gasteiger partial charge in [-0.15, -0.1) is 0 Å². The quantitative estimate of drug-likeness (QED) is 0.726. The number of ether oxygens (including phenoxy) is 3. The summed E-state index contributed by atoms with van der Waals surface area (Å²) in [7, 11) is 1.32. The van der Waals surface area contributed by atoms with Crippen LogP contribution in [0.2, 0.25) is 0 Å². The molecule has 0 N–H and O–H groups in total. The van der Waals surface area contributed by atoms with Crippen LogP contribution in [0.25, 0.3) is 0 Å². The van der Waals surface area contributed by atoms with E-state index < -0.39 is 12.1 Å². The van der Waals surface area contributed by atoms with Gasteiger partial charge in [-0.2, -0.15) is 0 Å². The molecule has 0 bridgehead atoms. The van der Waals surface area contributed by atoms with Gasteiger partial charge < -0.3 is 14.2 Å². The van der Waals surface area contributed by atoms with Gasteiger partial charge in [-0.1, -0.05) is 24.3 Å². The van der Waals surface area contributed by atoms with Gasteiger partial charge in [-0.3, -0.25) is 9.59 Å². The molecule has 2 aromatic rings. The summed E-state index contributed by atoms with van der Waals surface area (Å²) < 4.78 is 16.5. The van der Waals surface area contributed by atoms with Crippen molar-refractivity contribution < 1.29 is 28.6 Å². The van der Waals surface area contributed by atoms with Gasteiger partial charge in [0.05, 0.1) is 30.8 Å². The van der Waals surface area contributed by atoms with Gasteiger partial charge in [-0.25, -0.2) is 4.79 Å². The first-order chi connectivity index (χ1) is 13.1. The number of methoxy groups -OCH3 is 1. The van der Waals surface area contributed by atoms with Crippen molar-refractivity contribution in [2.24, 2.45) is 0 Å². The number of carbonyl (C=O) groups is 3. The number of esters is 1. The van der Waals surface area contributed by atoms with Crippen LogP contribution in [0.3, 0.4) is 0 Å². The number of carbonyl (C=O) groups excluding carboxylic acids is 3. The molecule has 6 heteroatoms. The van der Waals surface area contributed by atoms with Gasteiger partial charge in [0.25, 0.3) is 0 Å². The summed E-state index contributed by atoms with van der Waals surface area (Å²) in [6.07, 6.45) is -0.610. The van der Waals surface area contributed by atoms with Gasteiger partial charge in [0.15, 0.2) is 11.5 Å². The van der Waals surface area contributed by atoms with Crippen LogP contribution in [0.4, 0.5) is 0 Å². The topological polar surface area (TPSA) is 78.9 Å². The molecule has 0 spiro atoms. The van der Waals surface area contributed by atoms with E-state index in [2.05, 4.69) is 0 Å². The molecule has 1 aliphatic carbocycles. The minimum absolute atomic E-state index is 0.0703. The normalized spacial score (nSPS) is 22.1. The van der Waals surface area contributed by atoms with E-state index in [1.54, 1.807) is 42.5 Å². The second-order valence-electron chi connectivity index (χ2n) is 6.65. The molecule has 0 radical (unpaired) electrons. The highest BCUT2D eigenvalue weighted by Crippen LogP contribution is 2.47. The zero-order chi connectivity index (χ0) is 18.7. The van der Waals surface area contributed by atoms with Crippen LogP contribution in [0.15, 0.2) is 53.8 Å². The Kier molecular flexibility index (Phi) is 3.25. The summed E-state index contributed by atoms with van der Waals surface area (Å²) in [5.41, 5.74) is 2.14. The first kappa shape index (κ1) is 15.8. The molecule has 2 heterocycles. The Labute approximate surface area is 154 Å². The number of hydrogen-bond acceptors (Lipinski definition) is 6. The van der Waals surface area contributed by atoms with Crippen LogP contribution in [0, 0.1) is 0 Å². The minimum Gasteiger partial charge on any atom is -0.488 e. The molecule has 3 aliphatic rings. The van der Waals surface area contributed by atoms with Crippen molar-refractivity contribution >= 4 is 17.5 Å². The summed E-state index contributed by atoms with van der Waals surface area (Å²) >= 11 is 0. The Morgan fingerprint density at radius 3 is 2.56 bits per heavy atom. The largest absolute Gasteiger partial charge is 0.488 e. The molecule has 6 nitrogen and oxygen atoms in total. The molecule has 0 saturated carbocycles. The lowest BCUT2D eigenvalue weighted by atomic mass is 9.80. The molecule has 0 aromatic heterocycles. The second kappa shape index (κ2) is 5.54. The molecular formula is C21H14O6. The number of allylic oxidation sites excluding steroid dienone is 1. The first-order valence-electron chi connectivity index (χ1n) is 8.54. The number of ketones is 2. The first-order valence-corrected chi connectivity index (χ1v) is 8.54. The minimum atomic E-state index is -0.610. The Bertz CT molecular complexity index is 1060. The Morgan fingerprint density at radius 1 is 1.07 bits per heavy atom. The average molecular weight is 362 g/mol. The summed E-state index contributed by atoms with van der Waals surface area (Å²) in [5.74, 6) is -0.625. The Hall–Kier alpha value is -3.41. The van der Waals surface area contributed by atoms with Gasteiger partial charge >= 0.3 is 5.97 Å².